The number of carbonyl (C=O) groups excluding carboxylic acids is 1. The zero-order chi connectivity index (χ0) is 82.3. The van der Waals surface area contributed by atoms with E-state index in [4.69, 9.17) is 0 Å². The maximum atomic E-state index is 15.6. The van der Waals surface area contributed by atoms with Crippen LogP contribution in [0.4, 0.5) is 0 Å². The summed E-state index contributed by atoms with van der Waals surface area (Å²) < 4.78 is 2.47. The van der Waals surface area contributed by atoms with E-state index in [2.05, 4.69) is 448 Å². The summed E-state index contributed by atoms with van der Waals surface area (Å²) in [7, 11) is 0. The van der Waals surface area contributed by atoms with Crippen LogP contribution in [-0.2, 0) is 0 Å². The highest BCUT2D eigenvalue weighted by Crippen LogP contribution is 2.60. The van der Waals surface area contributed by atoms with Crippen LogP contribution in [0.25, 0.3) is 220 Å². The van der Waals surface area contributed by atoms with Gasteiger partial charge in [-0.05, 0) is 278 Å². The lowest BCUT2D eigenvalue weighted by Crippen LogP contribution is -2.05. The van der Waals surface area contributed by atoms with Gasteiger partial charge in [-0.2, -0.15) is 0 Å². The van der Waals surface area contributed by atoms with Gasteiger partial charge in [-0.3, -0.25) is 4.79 Å². The van der Waals surface area contributed by atoms with Crippen LogP contribution in [0.5, 0.6) is 0 Å². The first-order chi connectivity index (χ1) is 61.4. The molecule has 0 spiro atoms. The molecule has 1 unspecified atom stereocenters. The Hall–Kier alpha value is -15.9. The van der Waals surface area contributed by atoms with Crippen LogP contribution in [0.15, 0.2) is 455 Å². The summed E-state index contributed by atoms with van der Waals surface area (Å²) in [6, 6.07) is 160. The molecule has 0 amide bonds. The van der Waals surface area contributed by atoms with Gasteiger partial charge in [0, 0.05) is 27.6 Å². The summed E-state index contributed by atoms with van der Waals surface area (Å²) in [5, 5.41) is 14.4. The fourth-order valence-corrected chi connectivity index (χ4v) is 20.4. The minimum Gasteiger partial charge on any atom is -0.309 e. The Bertz CT molecular complexity index is 7840. The third-order valence-electron chi connectivity index (χ3n) is 25.8. The van der Waals surface area contributed by atoms with Gasteiger partial charge in [-0.25, -0.2) is 0 Å². The lowest BCUT2D eigenvalue weighted by molar-refractivity contribution is 0.103. The lowest BCUT2D eigenvalue weighted by atomic mass is 9.72. The zero-order valence-corrected chi connectivity index (χ0v) is 68.4. The van der Waals surface area contributed by atoms with E-state index in [0.717, 1.165) is 123 Å². The average Bonchev–Trinajstić information content (AvgIpc) is 0.785. The van der Waals surface area contributed by atoms with Crippen LogP contribution in [0.1, 0.15) is 34.8 Å². The molecule has 0 radical (unpaired) electrons. The number of benzene rings is 21. The van der Waals surface area contributed by atoms with Gasteiger partial charge in [0.05, 0.1) is 11.0 Å². The molecule has 21 aromatic carbocycles. The summed E-state index contributed by atoms with van der Waals surface area (Å²) in [4.78, 5) is 15.6. The van der Waals surface area contributed by atoms with Crippen molar-refractivity contribution < 1.29 is 4.79 Å². The minimum absolute atomic E-state index is 0.0434. The van der Waals surface area contributed by atoms with Crippen molar-refractivity contribution in [3.63, 3.8) is 0 Å². The third-order valence-corrected chi connectivity index (χ3v) is 25.8. The van der Waals surface area contributed by atoms with Crippen LogP contribution in [0.2, 0.25) is 0 Å². The fourth-order valence-electron chi connectivity index (χ4n) is 20.4. The standard InChI is InChI=1S/C122H81NO/c1-78-34-29-55-93(70-78)114-109(84-45-21-7-22-46-84)108(83-43-19-6-20-44-83)112(86-49-25-9-26-50-86)118-100-58-33-61-103-117(100)116-101(59-32-60-102(116)120(114)118)119-113(87-51-27-10-28-52-87)111(88-62-66-99(67-63-88)123-106-68-64-91(79-35-11-2-12-36-79)76-104(106)105-77-92(65-69-107(105)123)80-37-13-3-14-38-80)110(85-47-23-8-24-48-85)115(121(103)119)94-56-30-53-89(71-94)90-54-31-57-95(72-90)122(124)98-74-96(81-39-15-4-16-40-81)73-97(75-98)82-41-17-5-18-42-82/h2-69,71-78H,70H2,1H3. The molecule has 1 aliphatic rings. The van der Waals surface area contributed by atoms with E-state index in [9.17, 15) is 0 Å². The molecule has 23 rings (SSSR count). The van der Waals surface area contributed by atoms with E-state index >= 15 is 4.79 Å². The summed E-state index contributed by atoms with van der Waals surface area (Å²) >= 11 is 0. The van der Waals surface area contributed by atoms with Gasteiger partial charge in [-0.15, -0.1) is 0 Å². The van der Waals surface area contributed by atoms with Crippen molar-refractivity contribution in [2.75, 3.05) is 0 Å². The number of nitrogens with zero attached hydrogens (tertiary/aromatic N) is 1. The second kappa shape index (κ2) is 30.7. The smallest absolute Gasteiger partial charge is 0.193 e. The molecule has 2 nitrogen and oxygen atoms in total. The molecule has 22 aromatic rings. The van der Waals surface area contributed by atoms with Gasteiger partial charge in [-0.1, -0.05) is 395 Å². The van der Waals surface area contributed by atoms with E-state index in [1.807, 2.05) is 18.2 Å². The van der Waals surface area contributed by atoms with Gasteiger partial charge < -0.3 is 4.57 Å². The normalized spacial score (nSPS) is 12.8. The van der Waals surface area contributed by atoms with Crippen molar-refractivity contribution in [3.8, 4) is 139 Å². The highest BCUT2D eigenvalue weighted by Gasteiger charge is 2.34. The first kappa shape index (κ1) is 73.3. The minimum atomic E-state index is -0.0434. The number of hydrogen-bond acceptors (Lipinski definition) is 1. The summed E-state index contributed by atoms with van der Waals surface area (Å²) in [6.45, 7) is 2.37. The Kier molecular flexibility index (Phi) is 18.2. The Morgan fingerprint density at radius 1 is 0.226 bits per heavy atom. The third kappa shape index (κ3) is 12.5. The van der Waals surface area contributed by atoms with Crippen LogP contribution in [0, 0.1) is 5.92 Å². The van der Waals surface area contributed by atoms with Gasteiger partial charge in [0.1, 0.15) is 0 Å². The number of ketones is 1. The Morgan fingerprint density at radius 3 is 0.927 bits per heavy atom. The van der Waals surface area contributed by atoms with Gasteiger partial charge in [0.2, 0.25) is 0 Å². The van der Waals surface area contributed by atoms with Gasteiger partial charge in [0.15, 0.2) is 5.78 Å². The molecule has 1 atom stereocenters. The first-order valence-corrected chi connectivity index (χ1v) is 43.1. The lowest BCUT2D eigenvalue weighted by Gasteiger charge is -2.30. The molecule has 124 heavy (non-hydrogen) atoms. The maximum absolute atomic E-state index is 15.6. The predicted molar refractivity (Wildman–Crippen MR) is 526 cm³/mol. The Balaban J connectivity index is 0.844. The second-order valence-electron chi connectivity index (χ2n) is 33.1. The van der Waals surface area contributed by atoms with Crippen molar-refractivity contribution in [3.05, 3.63) is 472 Å². The van der Waals surface area contributed by atoms with Crippen LogP contribution < -0.4 is 0 Å². The van der Waals surface area contributed by atoms with Crippen molar-refractivity contribution in [1.29, 1.82) is 0 Å². The number of carbonyl (C=O) groups is 1. The van der Waals surface area contributed by atoms with Crippen LogP contribution in [0.3, 0.4) is 0 Å². The number of aromatic nitrogens is 1. The largest absolute Gasteiger partial charge is 0.309 e. The van der Waals surface area contributed by atoms with E-state index in [1.165, 1.54) is 110 Å². The summed E-state index contributed by atoms with van der Waals surface area (Å²) in [5.41, 5.74) is 33.8. The van der Waals surface area contributed by atoms with Gasteiger partial charge >= 0.3 is 0 Å². The Labute approximate surface area is 721 Å². The van der Waals surface area contributed by atoms with Crippen molar-refractivity contribution in [2.45, 2.75) is 13.3 Å². The van der Waals surface area contributed by atoms with Crippen molar-refractivity contribution in [2.24, 2.45) is 5.92 Å². The average molecular weight is 1580 g/mol. The molecule has 0 saturated carbocycles. The van der Waals surface area contributed by atoms with Crippen LogP contribution in [-0.4, -0.2) is 10.4 Å². The monoisotopic (exact) mass is 1580 g/mol. The van der Waals surface area contributed by atoms with Crippen molar-refractivity contribution in [1.82, 2.24) is 4.57 Å². The van der Waals surface area contributed by atoms with Gasteiger partial charge in [0.25, 0.3) is 0 Å². The van der Waals surface area contributed by atoms with E-state index < -0.39 is 0 Å². The van der Waals surface area contributed by atoms with E-state index in [0.29, 0.717) is 17.0 Å². The molecule has 0 saturated heterocycles. The zero-order valence-electron chi connectivity index (χ0n) is 68.4. The number of allylic oxidation sites excluding steroid dienone is 4. The molecular weight excluding hydrogens is 1500 g/mol. The van der Waals surface area contributed by atoms with Crippen LogP contribution >= 0.6 is 0 Å². The topological polar surface area (TPSA) is 22.0 Å². The number of hydrogen-bond donors (Lipinski definition) is 0. The quantitative estimate of drug-likeness (QED) is 0.0537. The first-order valence-electron chi connectivity index (χ1n) is 43.1. The highest BCUT2D eigenvalue weighted by atomic mass is 16.1. The second-order valence-corrected chi connectivity index (χ2v) is 33.1. The van der Waals surface area contributed by atoms with E-state index in [1.54, 1.807) is 0 Å². The molecule has 1 heterocycles. The highest BCUT2D eigenvalue weighted by molar-refractivity contribution is 6.46. The number of fused-ring (bicyclic) bond motifs is 9. The van der Waals surface area contributed by atoms with Crippen molar-refractivity contribution >= 4 is 87.0 Å². The predicted octanol–water partition coefficient (Wildman–Crippen LogP) is 33.2. The molecular formula is C122H81NO. The molecule has 2 heteroatoms. The molecule has 580 valence electrons. The molecule has 0 fully saturated rings. The summed E-state index contributed by atoms with van der Waals surface area (Å²) in [5.74, 6) is 0.258. The molecule has 0 aliphatic heterocycles. The molecule has 0 bridgehead atoms. The Morgan fingerprint density at radius 2 is 0.516 bits per heavy atom. The fraction of sp³-hybridized carbons (Fsp3) is 0.0246. The maximum Gasteiger partial charge on any atom is 0.193 e. The summed E-state index contributed by atoms with van der Waals surface area (Å²) in [6.07, 6.45) is 7.96. The molecule has 0 N–H and O–H groups in total. The number of rotatable bonds is 16. The molecule has 1 aromatic heterocycles. The molecule has 1 aliphatic carbocycles. The SMILES string of the molecule is CC1C=CC=C(c2c(-c3ccccc3)c(-c3ccccc3)c(-c3ccccc3)c3c4cccc5c6c(-c7cccc(-c8cccc(C(=O)c9cc(-c%10ccccc%10)cc(-c%10ccccc%10)c9)c8)c7)c(-c7ccccc7)c(-c7ccc(-n8c9ccc(-c%10ccccc%10)cc9c9cc(-c%10ccccc%10)ccc98)cc7)c(-c7ccccc7)c6c6cccc(c23)c6c45)C1. The van der Waals surface area contributed by atoms with E-state index in [-0.39, 0.29) is 5.78 Å².